The lowest BCUT2D eigenvalue weighted by atomic mass is 9.92. The van der Waals surface area contributed by atoms with Gasteiger partial charge in [-0.3, -0.25) is 9.59 Å². The summed E-state index contributed by atoms with van der Waals surface area (Å²) < 4.78 is 0. The fourth-order valence-electron chi connectivity index (χ4n) is 3.57. The van der Waals surface area contributed by atoms with Gasteiger partial charge in [0.05, 0.1) is 0 Å². The van der Waals surface area contributed by atoms with Crippen LogP contribution in [0.25, 0.3) is 0 Å². The molecule has 3 rings (SSSR count). The van der Waals surface area contributed by atoms with E-state index in [2.05, 4.69) is 5.32 Å². The van der Waals surface area contributed by atoms with Crippen LogP contribution in [-0.2, 0) is 9.59 Å². The van der Waals surface area contributed by atoms with Crippen molar-refractivity contribution in [3.05, 3.63) is 0 Å². The quantitative estimate of drug-likeness (QED) is 0.840. The predicted molar refractivity (Wildman–Crippen MR) is 72.4 cm³/mol. The lowest BCUT2D eigenvalue weighted by molar-refractivity contribution is -0.154. The number of carbonyl (C=O) groups excluding carboxylic acids is 2. The SMILES string of the molecule is CCC1C(=O)NC(C)(C)C(=O)N1CC1(C2CC2)CC1. The second kappa shape index (κ2) is 3.97. The standard InChI is InChI=1S/C15H24N2O2/c1-4-11-12(18)16-14(2,3)13(19)17(11)9-15(7-8-15)10-5-6-10/h10-11H,4-9H2,1-3H3,(H,16,18). The van der Waals surface area contributed by atoms with Crippen LogP contribution in [0.2, 0.25) is 0 Å². The van der Waals surface area contributed by atoms with Gasteiger partial charge in [0.25, 0.3) is 0 Å². The van der Waals surface area contributed by atoms with Crippen molar-refractivity contribution >= 4 is 11.8 Å². The third kappa shape index (κ3) is 2.05. The van der Waals surface area contributed by atoms with E-state index in [4.69, 9.17) is 0 Å². The van der Waals surface area contributed by atoms with Crippen LogP contribution >= 0.6 is 0 Å². The van der Waals surface area contributed by atoms with Crippen LogP contribution in [0.15, 0.2) is 0 Å². The van der Waals surface area contributed by atoms with E-state index < -0.39 is 5.54 Å². The first kappa shape index (κ1) is 12.9. The summed E-state index contributed by atoms with van der Waals surface area (Å²) >= 11 is 0. The summed E-state index contributed by atoms with van der Waals surface area (Å²) in [6.45, 7) is 6.40. The Bertz CT molecular complexity index is 422. The second-order valence-corrected chi connectivity index (χ2v) is 7.11. The van der Waals surface area contributed by atoms with E-state index >= 15 is 0 Å². The van der Waals surface area contributed by atoms with Gasteiger partial charge < -0.3 is 10.2 Å². The van der Waals surface area contributed by atoms with E-state index in [0.29, 0.717) is 11.8 Å². The third-order valence-corrected chi connectivity index (χ3v) is 5.12. The molecule has 1 N–H and O–H groups in total. The fourth-order valence-corrected chi connectivity index (χ4v) is 3.57. The van der Waals surface area contributed by atoms with Gasteiger partial charge in [0, 0.05) is 6.54 Å². The number of carbonyl (C=O) groups is 2. The Kier molecular flexibility index (Phi) is 2.70. The van der Waals surface area contributed by atoms with Gasteiger partial charge in [0.2, 0.25) is 11.8 Å². The number of nitrogens with zero attached hydrogens (tertiary/aromatic N) is 1. The maximum atomic E-state index is 12.6. The molecule has 1 saturated heterocycles. The highest BCUT2D eigenvalue weighted by molar-refractivity contribution is 5.99. The van der Waals surface area contributed by atoms with Crippen molar-refractivity contribution in [1.29, 1.82) is 0 Å². The summed E-state index contributed by atoms with van der Waals surface area (Å²) in [5.74, 6) is 0.912. The van der Waals surface area contributed by atoms with Crippen molar-refractivity contribution in [1.82, 2.24) is 10.2 Å². The van der Waals surface area contributed by atoms with E-state index in [1.54, 1.807) is 0 Å². The van der Waals surface area contributed by atoms with Crippen molar-refractivity contribution in [3.8, 4) is 0 Å². The van der Waals surface area contributed by atoms with E-state index in [1.165, 1.54) is 25.7 Å². The van der Waals surface area contributed by atoms with Crippen LogP contribution in [0.4, 0.5) is 0 Å². The molecule has 4 heteroatoms. The minimum absolute atomic E-state index is 0.0127. The van der Waals surface area contributed by atoms with E-state index in [9.17, 15) is 9.59 Å². The van der Waals surface area contributed by atoms with Gasteiger partial charge in [-0.15, -0.1) is 0 Å². The predicted octanol–water partition coefficient (Wildman–Crippen LogP) is 1.69. The molecule has 2 amide bonds. The Labute approximate surface area is 114 Å². The zero-order valence-electron chi connectivity index (χ0n) is 12.2. The van der Waals surface area contributed by atoms with Crippen molar-refractivity contribution in [3.63, 3.8) is 0 Å². The maximum Gasteiger partial charge on any atom is 0.248 e. The summed E-state index contributed by atoms with van der Waals surface area (Å²) in [7, 11) is 0. The molecule has 2 saturated carbocycles. The molecule has 3 fully saturated rings. The zero-order chi connectivity index (χ0) is 13.8. The molecule has 19 heavy (non-hydrogen) atoms. The minimum atomic E-state index is -0.748. The van der Waals surface area contributed by atoms with Crippen molar-refractivity contribution < 1.29 is 9.59 Å². The van der Waals surface area contributed by atoms with Gasteiger partial charge in [0.1, 0.15) is 11.6 Å². The minimum Gasteiger partial charge on any atom is -0.340 e. The normalized spacial score (nSPS) is 32.2. The first-order chi connectivity index (χ1) is 8.89. The molecule has 1 aliphatic heterocycles. The molecule has 2 aliphatic carbocycles. The Hall–Kier alpha value is -1.06. The molecule has 0 radical (unpaired) electrons. The zero-order valence-corrected chi connectivity index (χ0v) is 12.2. The number of amides is 2. The van der Waals surface area contributed by atoms with Gasteiger partial charge in [-0.25, -0.2) is 0 Å². The Morgan fingerprint density at radius 3 is 2.37 bits per heavy atom. The average Bonchev–Trinajstić information content (AvgIpc) is 3.18. The number of hydrogen-bond acceptors (Lipinski definition) is 2. The molecule has 4 nitrogen and oxygen atoms in total. The number of rotatable bonds is 4. The van der Waals surface area contributed by atoms with Crippen LogP contribution in [-0.4, -0.2) is 34.8 Å². The van der Waals surface area contributed by atoms with E-state index in [1.807, 2.05) is 25.7 Å². The molecule has 0 bridgehead atoms. The van der Waals surface area contributed by atoms with Crippen LogP contribution in [0, 0.1) is 11.3 Å². The molecular weight excluding hydrogens is 240 g/mol. The maximum absolute atomic E-state index is 12.6. The smallest absolute Gasteiger partial charge is 0.248 e. The van der Waals surface area contributed by atoms with Gasteiger partial charge in [-0.05, 0) is 57.3 Å². The first-order valence-electron chi connectivity index (χ1n) is 7.53. The van der Waals surface area contributed by atoms with E-state index in [0.717, 1.165) is 12.5 Å². The van der Waals surface area contributed by atoms with Crippen LogP contribution in [0.1, 0.15) is 52.9 Å². The highest BCUT2D eigenvalue weighted by Crippen LogP contribution is 2.61. The largest absolute Gasteiger partial charge is 0.340 e. The lowest BCUT2D eigenvalue weighted by Crippen LogP contribution is -2.68. The molecule has 3 aliphatic rings. The lowest BCUT2D eigenvalue weighted by Gasteiger charge is -2.44. The Balaban J connectivity index is 1.82. The van der Waals surface area contributed by atoms with Crippen LogP contribution in [0.3, 0.4) is 0 Å². The number of hydrogen-bond donors (Lipinski definition) is 1. The summed E-state index contributed by atoms with van der Waals surface area (Å²) in [5, 5.41) is 2.86. The van der Waals surface area contributed by atoms with Crippen molar-refractivity contribution in [2.45, 2.75) is 64.5 Å². The molecule has 106 valence electrons. The molecule has 0 aromatic rings. The summed E-state index contributed by atoms with van der Waals surface area (Å²) in [4.78, 5) is 26.7. The topological polar surface area (TPSA) is 49.4 Å². The van der Waals surface area contributed by atoms with Gasteiger partial charge >= 0.3 is 0 Å². The molecule has 1 heterocycles. The summed E-state index contributed by atoms with van der Waals surface area (Å²) in [6, 6.07) is -0.267. The average molecular weight is 264 g/mol. The summed E-state index contributed by atoms with van der Waals surface area (Å²) in [5.41, 5.74) is -0.390. The molecular formula is C15H24N2O2. The van der Waals surface area contributed by atoms with Crippen LogP contribution < -0.4 is 5.32 Å². The van der Waals surface area contributed by atoms with Gasteiger partial charge in [-0.1, -0.05) is 6.92 Å². The molecule has 0 aromatic heterocycles. The highest BCUT2D eigenvalue weighted by Gasteiger charge is 2.57. The number of piperazine rings is 1. The van der Waals surface area contributed by atoms with Crippen LogP contribution in [0.5, 0.6) is 0 Å². The van der Waals surface area contributed by atoms with Crippen molar-refractivity contribution in [2.24, 2.45) is 11.3 Å². The highest BCUT2D eigenvalue weighted by atomic mass is 16.2. The monoisotopic (exact) mass is 264 g/mol. The van der Waals surface area contributed by atoms with Gasteiger partial charge in [0.15, 0.2) is 0 Å². The van der Waals surface area contributed by atoms with E-state index in [-0.39, 0.29) is 17.9 Å². The van der Waals surface area contributed by atoms with Gasteiger partial charge in [-0.2, -0.15) is 0 Å². The molecule has 0 spiro atoms. The Morgan fingerprint density at radius 1 is 1.26 bits per heavy atom. The second-order valence-electron chi connectivity index (χ2n) is 7.11. The molecule has 1 atom stereocenters. The third-order valence-electron chi connectivity index (χ3n) is 5.12. The molecule has 1 unspecified atom stereocenters. The molecule has 0 aromatic carbocycles. The number of nitrogens with one attached hydrogen (secondary N) is 1. The Morgan fingerprint density at radius 2 is 1.89 bits per heavy atom. The fraction of sp³-hybridized carbons (Fsp3) is 0.867. The van der Waals surface area contributed by atoms with Crippen molar-refractivity contribution in [2.75, 3.05) is 6.54 Å². The first-order valence-corrected chi connectivity index (χ1v) is 7.53. The summed E-state index contributed by atoms with van der Waals surface area (Å²) in [6.07, 6.45) is 5.80.